The molecule has 12 rings (SSSR count). The first-order chi connectivity index (χ1) is 58.9. The molecule has 0 spiro atoms. The standard InChI is InChI=1S/C116H214N4/c1-13-21-27-31-35-39-45-93-57-73-103(74-58-93)117(99-65-49-87(9)50-66-99)109-85-111(119(101-69-53-89(11)54-70-101)105-77-61-95(62-78-105)47-41-37-33-29-23-15-3)113-98(82-92(20-8)44-26-18-6)84-108-110(118(100-67-51-88(10)52-68-100)104-75-59-94(60-76-104)46-40-36-32-28-22-14-2)86-112(114-97(81-91(19-7)43-25-17-5)83-107(109)115(113)116(108)114)120(102-71-55-90(12)56-72-102)106-79-63-96(64-80-106)48-42-38-34-30-24-16-4/h87-116H,13-86H2,1-12H3. The third kappa shape index (κ3) is 28.0. The molecule has 12 aliphatic rings. The lowest BCUT2D eigenvalue weighted by Gasteiger charge is -2.72. The molecule has 0 aromatic heterocycles. The zero-order valence-electron chi connectivity index (χ0n) is 83.4. The highest BCUT2D eigenvalue weighted by Gasteiger charge is 2.68. The van der Waals surface area contributed by atoms with Gasteiger partial charge in [0.05, 0.1) is 0 Å². The van der Waals surface area contributed by atoms with Crippen LogP contribution < -0.4 is 0 Å². The molecule has 0 amide bonds. The molecular formula is C116H214N4. The molecule has 12 fully saturated rings. The maximum Gasteiger partial charge on any atom is 0.0150 e. The fourth-order valence-corrected chi connectivity index (χ4v) is 32.7. The van der Waals surface area contributed by atoms with E-state index in [4.69, 9.17) is 0 Å². The van der Waals surface area contributed by atoms with E-state index in [1.165, 1.54) is 385 Å². The van der Waals surface area contributed by atoms with Gasteiger partial charge in [-0.1, -0.05) is 314 Å². The molecule has 12 aliphatic carbocycles. The fourth-order valence-electron chi connectivity index (χ4n) is 32.7. The summed E-state index contributed by atoms with van der Waals surface area (Å²) < 4.78 is 0. The smallest absolute Gasteiger partial charge is 0.0150 e. The van der Waals surface area contributed by atoms with Crippen LogP contribution in [0.2, 0.25) is 0 Å². The number of hydrogen-bond donors (Lipinski definition) is 0. The van der Waals surface area contributed by atoms with Crippen molar-refractivity contribution in [2.45, 2.75) is 631 Å². The summed E-state index contributed by atoms with van der Waals surface area (Å²) in [5, 5.41) is 0. The van der Waals surface area contributed by atoms with Crippen molar-refractivity contribution in [3.8, 4) is 0 Å². The maximum atomic E-state index is 3.79. The Morgan fingerprint density at radius 3 is 0.642 bits per heavy atom. The lowest BCUT2D eigenvalue weighted by molar-refractivity contribution is -0.226. The molecule has 4 heteroatoms. The summed E-state index contributed by atoms with van der Waals surface area (Å²) in [6.07, 6.45) is 111. The molecular weight excluding hydrogens is 1450 g/mol. The van der Waals surface area contributed by atoms with E-state index in [0.717, 1.165) is 179 Å². The van der Waals surface area contributed by atoms with Crippen LogP contribution in [0.25, 0.3) is 0 Å². The first kappa shape index (κ1) is 98.9. The van der Waals surface area contributed by atoms with Crippen LogP contribution in [0, 0.1) is 107 Å². The van der Waals surface area contributed by atoms with Gasteiger partial charge in [0.1, 0.15) is 0 Å². The first-order valence-electron chi connectivity index (χ1n) is 58.0. The molecule has 120 heavy (non-hydrogen) atoms. The number of nitrogens with zero attached hydrogens (tertiary/aromatic N) is 4. The summed E-state index contributed by atoms with van der Waals surface area (Å²) in [4.78, 5) is 15.1. The second kappa shape index (κ2) is 53.4. The van der Waals surface area contributed by atoms with Gasteiger partial charge in [-0.2, -0.15) is 0 Å². The fraction of sp³-hybridized carbons (Fsp3) is 1.00. The van der Waals surface area contributed by atoms with Gasteiger partial charge in [0.25, 0.3) is 0 Å². The predicted octanol–water partition coefficient (Wildman–Crippen LogP) is 35.0. The van der Waals surface area contributed by atoms with Gasteiger partial charge in [0.15, 0.2) is 0 Å². The van der Waals surface area contributed by atoms with E-state index in [-0.39, 0.29) is 0 Å². The molecule has 0 heterocycles. The first-order valence-corrected chi connectivity index (χ1v) is 58.0. The number of unbranched alkanes of at least 4 members (excludes halogenated alkanes) is 22. The van der Waals surface area contributed by atoms with Crippen LogP contribution in [0.15, 0.2) is 0 Å². The van der Waals surface area contributed by atoms with Crippen molar-refractivity contribution < 1.29 is 0 Å². The molecule has 0 aliphatic heterocycles. The van der Waals surface area contributed by atoms with Gasteiger partial charge in [-0.25, -0.2) is 0 Å². The van der Waals surface area contributed by atoms with Gasteiger partial charge < -0.3 is 0 Å². The Balaban J connectivity index is 1.05. The van der Waals surface area contributed by atoms with Crippen molar-refractivity contribution in [3.05, 3.63) is 0 Å². The van der Waals surface area contributed by atoms with Crippen LogP contribution in [-0.4, -0.2) is 92.1 Å². The lowest BCUT2D eigenvalue weighted by Crippen LogP contribution is -2.74. The molecule has 0 saturated heterocycles. The van der Waals surface area contributed by atoms with E-state index >= 15 is 0 Å². The second-order valence-electron chi connectivity index (χ2n) is 48.0. The molecule has 14 atom stereocenters. The molecule has 0 N–H and O–H groups in total. The lowest BCUT2D eigenvalue weighted by atomic mass is 9.39. The zero-order chi connectivity index (χ0) is 84.0. The summed E-state index contributed by atoms with van der Waals surface area (Å²) in [6, 6.07) is 9.47. The third-order valence-corrected chi connectivity index (χ3v) is 39.7. The van der Waals surface area contributed by atoms with Crippen molar-refractivity contribution in [1.82, 2.24) is 19.6 Å². The van der Waals surface area contributed by atoms with E-state index in [1.807, 2.05) is 0 Å². The van der Waals surface area contributed by atoms with Crippen LogP contribution in [0.5, 0.6) is 0 Å². The Labute approximate surface area is 752 Å². The molecule has 698 valence electrons. The van der Waals surface area contributed by atoms with Crippen LogP contribution in [0.1, 0.15) is 558 Å². The van der Waals surface area contributed by atoms with Gasteiger partial charge >= 0.3 is 0 Å². The van der Waals surface area contributed by atoms with Gasteiger partial charge in [-0.15, -0.1) is 0 Å². The monoisotopic (exact) mass is 1660 g/mol. The molecule has 0 aromatic rings. The minimum Gasteiger partial charge on any atom is -0.294 e. The molecule has 0 aromatic carbocycles. The van der Waals surface area contributed by atoms with Gasteiger partial charge in [-0.05, 0) is 351 Å². The highest BCUT2D eigenvalue weighted by molar-refractivity contribution is 5.20. The Morgan fingerprint density at radius 2 is 0.417 bits per heavy atom. The summed E-state index contributed by atoms with van der Waals surface area (Å²) in [6.45, 7) is 31.1. The van der Waals surface area contributed by atoms with Gasteiger partial charge in [0, 0.05) is 72.5 Å². The summed E-state index contributed by atoms with van der Waals surface area (Å²) in [7, 11) is 0. The minimum absolute atomic E-state index is 0.762. The van der Waals surface area contributed by atoms with Crippen LogP contribution >= 0.6 is 0 Å². The average molecular weight is 1670 g/mol. The van der Waals surface area contributed by atoms with Crippen LogP contribution in [0.4, 0.5) is 0 Å². The van der Waals surface area contributed by atoms with Crippen molar-refractivity contribution in [1.29, 1.82) is 0 Å². The molecule has 0 bridgehead atoms. The number of rotatable bonds is 52. The highest BCUT2D eigenvalue weighted by atomic mass is 15.3. The normalized spacial score (nSPS) is 38.3. The average Bonchev–Trinajstić information content (AvgIpc) is 0.687. The predicted molar refractivity (Wildman–Crippen MR) is 525 cm³/mol. The van der Waals surface area contributed by atoms with Crippen molar-refractivity contribution in [3.63, 3.8) is 0 Å². The van der Waals surface area contributed by atoms with E-state index in [1.54, 1.807) is 89.9 Å². The van der Waals surface area contributed by atoms with Gasteiger partial charge in [-0.3, -0.25) is 19.6 Å². The molecule has 4 nitrogen and oxygen atoms in total. The van der Waals surface area contributed by atoms with Crippen LogP contribution in [-0.2, 0) is 0 Å². The van der Waals surface area contributed by atoms with Crippen LogP contribution in [0.3, 0.4) is 0 Å². The Bertz CT molecular complexity index is 2410. The molecule has 0 radical (unpaired) electrons. The zero-order valence-corrected chi connectivity index (χ0v) is 83.4. The summed E-state index contributed by atoms with van der Waals surface area (Å²) >= 11 is 0. The topological polar surface area (TPSA) is 13.0 Å². The largest absolute Gasteiger partial charge is 0.294 e. The summed E-state index contributed by atoms with van der Waals surface area (Å²) in [5.41, 5.74) is 0. The molecule has 12 saturated carbocycles. The van der Waals surface area contributed by atoms with Gasteiger partial charge in [0.2, 0.25) is 0 Å². The quantitative estimate of drug-likeness (QED) is 0.0563. The third-order valence-electron chi connectivity index (χ3n) is 39.7. The Hall–Kier alpha value is -0.160. The summed E-state index contributed by atoms with van der Waals surface area (Å²) in [5.74, 6) is 16.3. The van der Waals surface area contributed by atoms with E-state index in [9.17, 15) is 0 Å². The van der Waals surface area contributed by atoms with E-state index < -0.39 is 0 Å². The second-order valence-corrected chi connectivity index (χ2v) is 48.0. The highest BCUT2D eigenvalue weighted by Crippen LogP contribution is 2.69. The maximum absolute atomic E-state index is 3.79. The van der Waals surface area contributed by atoms with E-state index in [2.05, 4.69) is 103 Å². The number of hydrogen-bond acceptors (Lipinski definition) is 4. The van der Waals surface area contributed by atoms with Crippen molar-refractivity contribution >= 4 is 0 Å². The van der Waals surface area contributed by atoms with Crippen molar-refractivity contribution in [2.24, 2.45) is 107 Å². The Kier molecular flexibility index (Phi) is 44.0. The Morgan fingerprint density at radius 1 is 0.208 bits per heavy atom. The van der Waals surface area contributed by atoms with Crippen molar-refractivity contribution in [2.75, 3.05) is 0 Å². The van der Waals surface area contributed by atoms with E-state index in [0.29, 0.717) is 0 Å². The SMILES string of the molecule is CCCCCCCCC1CCC(N(C2CCC(C)CC2)C2CC(N(C3CCC(C)CC3)C3CCC(CCCCCCCC)CC3)C3C(CC(CC)CCCC)CC4C5C3C2CC(CC(CC)CCCC)C5C(N(C2CCC(C)CC2)C2CCC(CCCCCCCC)CC2)CC4N(C2CCC(C)CC2)C2CCC(CCCCCCCC)CC2)CC1. The molecule has 14 unspecified atom stereocenters. The minimum atomic E-state index is 0.762.